The summed E-state index contributed by atoms with van der Waals surface area (Å²) in [5.41, 5.74) is 9.11. The van der Waals surface area contributed by atoms with E-state index in [0.717, 1.165) is 42.6 Å². The Labute approximate surface area is 104 Å². The van der Waals surface area contributed by atoms with Gasteiger partial charge in [-0.1, -0.05) is 19.1 Å². The van der Waals surface area contributed by atoms with Gasteiger partial charge in [0, 0.05) is 19.1 Å². The molecule has 1 aromatic carbocycles. The quantitative estimate of drug-likeness (QED) is 0.742. The van der Waals surface area contributed by atoms with Gasteiger partial charge in [0.1, 0.15) is 0 Å². The Morgan fingerprint density at radius 2 is 2.18 bits per heavy atom. The van der Waals surface area contributed by atoms with Gasteiger partial charge in [-0.15, -0.1) is 0 Å². The van der Waals surface area contributed by atoms with Crippen molar-refractivity contribution in [2.75, 3.05) is 30.7 Å². The number of rotatable bonds is 6. The summed E-state index contributed by atoms with van der Waals surface area (Å²) >= 11 is 0. The molecule has 0 spiro atoms. The third kappa shape index (κ3) is 3.13. The number of nitrogens with one attached hydrogen (secondary N) is 1. The van der Waals surface area contributed by atoms with Gasteiger partial charge in [-0.05, 0) is 37.9 Å². The van der Waals surface area contributed by atoms with E-state index in [1.807, 2.05) is 19.1 Å². The van der Waals surface area contributed by atoms with Crippen molar-refractivity contribution < 1.29 is 0 Å². The molecule has 0 aliphatic heterocycles. The summed E-state index contributed by atoms with van der Waals surface area (Å²) in [5, 5.41) is 3.43. The zero-order valence-corrected chi connectivity index (χ0v) is 10.9. The highest BCUT2D eigenvalue weighted by atomic mass is 15.2. The van der Waals surface area contributed by atoms with Crippen LogP contribution in [0.1, 0.15) is 25.3 Å². The van der Waals surface area contributed by atoms with Crippen molar-refractivity contribution in [2.24, 2.45) is 0 Å². The minimum Gasteiger partial charge on any atom is -0.397 e. The molecule has 1 aliphatic carbocycles. The first-order valence-corrected chi connectivity index (χ1v) is 6.55. The Bertz CT molecular complexity index is 372. The van der Waals surface area contributed by atoms with Gasteiger partial charge in [0.2, 0.25) is 0 Å². The van der Waals surface area contributed by atoms with Gasteiger partial charge in [-0.2, -0.15) is 0 Å². The number of hydrogen-bond donors (Lipinski definition) is 2. The third-order valence-corrected chi connectivity index (χ3v) is 3.51. The maximum atomic E-state index is 6.03. The summed E-state index contributed by atoms with van der Waals surface area (Å²) in [6.45, 7) is 7.50. The van der Waals surface area contributed by atoms with Crippen molar-refractivity contribution in [1.82, 2.24) is 4.90 Å². The molecular weight excluding hydrogens is 210 g/mol. The lowest BCUT2D eigenvalue weighted by Gasteiger charge is -2.20. The van der Waals surface area contributed by atoms with E-state index in [1.54, 1.807) is 0 Å². The van der Waals surface area contributed by atoms with Gasteiger partial charge in [0.05, 0.1) is 11.4 Å². The maximum Gasteiger partial charge on any atom is 0.0579 e. The summed E-state index contributed by atoms with van der Waals surface area (Å²) in [6.07, 6.45) is 2.75. The van der Waals surface area contributed by atoms with Gasteiger partial charge >= 0.3 is 0 Å². The van der Waals surface area contributed by atoms with Crippen LogP contribution < -0.4 is 11.1 Å². The van der Waals surface area contributed by atoms with Crippen LogP contribution in [0.5, 0.6) is 0 Å². The number of likely N-dealkylation sites (N-methyl/N-ethyl adjacent to an activating group) is 1. The molecule has 1 saturated carbocycles. The van der Waals surface area contributed by atoms with Crippen molar-refractivity contribution in [3.63, 3.8) is 0 Å². The second-order valence-corrected chi connectivity index (χ2v) is 4.82. The highest BCUT2D eigenvalue weighted by molar-refractivity contribution is 5.69. The van der Waals surface area contributed by atoms with Gasteiger partial charge < -0.3 is 11.1 Å². The summed E-state index contributed by atoms with van der Waals surface area (Å²) in [4.78, 5) is 2.54. The summed E-state index contributed by atoms with van der Waals surface area (Å²) in [6, 6.07) is 6.99. The second kappa shape index (κ2) is 5.41. The molecule has 17 heavy (non-hydrogen) atoms. The molecule has 3 nitrogen and oxygen atoms in total. The lowest BCUT2D eigenvalue weighted by Crippen LogP contribution is -2.31. The van der Waals surface area contributed by atoms with E-state index < -0.39 is 0 Å². The van der Waals surface area contributed by atoms with E-state index in [4.69, 9.17) is 5.73 Å². The maximum absolute atomic E-state index is 6.03. The SMILES string of the molecule is CCN(CCNc1cccc(C)c1N)C1CC1. The van der Waals surface area contributed by atoms with Gasteiger partial charge in [0.15, 0.2) is 0 Å². The molecule has 3 N–H and O–H groups in total. The molecule has 0 heterocycles. The average molecular weight is 233 g/mol. The highest BCUT2D eigenvalue weighted by Gasteiger charge is 2.27. The monoisotopic (exact) mass is 233 g/mol. The van der Waals surface area contributed by atoms with Gasteiger partial charge in [-0.25, -0.2) is 0 Å². The van der Waals surface area contributed by atoms with Crippen molar-refractivity contribution >= 4 is 11.4 Å². The fourth-order valence-electron chi connectivity index (χ4n) is 2.21. The molecule has 0 unspecified atom stereocenters. The van der Waals surface area contributed by atoms with Crippen LogP contribution in [0.4, 0.5) is 11.4 Å². The Morgan fingerprint density at radius 1 is 1.41 bits per heavy atom. The molecule has 0 amide bonds. The first kappa shape index (κ1) is 12.2. The zero-order valence-electron chi connectivity index (χ0n) is 10.9. The molecule has 2 rings (SSSR count). The average Bonchev–Trinajstić information content (AvgIpc) is 3.14. The van der Waals surface area contributed by atoms with Crippen LogP contribution in [-0.2, 0) is 0 Å². The number of hydrogen-bond acceptors (Lipinski definition) is 3. The molecule has 0 aromatic heterocycles. The van der Waals surface area contributed by atoms with E-state index >= 15 is 0 Å². The van der Waals surface area contributed by atoms with Crippen LogP contribution in [0.2, 0.25) is 0 Å². The molecule has 1 fully saturated rings. The van der Waals surface area contributed by atoms with E-state index in [2.05, 4.69) is 23.2 Å². The number of para-hydroxylation sites is 1. The van der Waals surface area contributed by atoms with Crippen LogP contribution >= 0.6 is 0 Å². The third-order valence-electron chi connectivity index (χ3n) is 3.51. The molecule has 3 heteroatoms. The number of aryl methyl sites for hydroxylation is 1. The smallest absolute Gasteiger partial charge is 0.0579 e. The largest absolute Gasteiger partial charge is 0.397 e. The first-order valence-electron chi connectivity index (χ1n) is 6.55. The number of nitrogens with zero attached hydrogens (tertiary/aromatic N) is 1. The first-order chi connectivity index (χ1) is 8.22. The van der Waals surface area contributed by atoms with Crippen molar-refractivity contribution in [3.05, 3.63) is 23.8 Å². The second-order valence-electron chi connectivity index (χ2n) is 4.82. The minimum absolute atomic E-state index is 0.844. The number of benzene rings is 1. The molecule has 0 saturated heterocycles. The van der Waals surface area contributed by atoms with Gasteiger partial charge in [0.25, 0.3) is 0 Å². The Kier molecular flexibility index (Phi) is 3.89. The van der Waals surface area contributed by atoms with Crippen molar-refractivity contribution in [2.45, 2.75) is 32.7 Å². The lowest BCUT2D eigenvalue weighted by atomic mass is 10.2. The summed E-state index contributed by atoms with van der Waals surface area (Å²) in [7, 11) is 0. The van der Waals surface area contributed by atoms with Gasteiger partial charge in [-0.3, -0.25) is 4.90 Å². The van der Waals surface area contributed by atoms with Crippen LogP contribution in [-0.4, -0.2) is 30.6 Å². The van der Waals surface area contributed by atoms with E-state index in [1.165, 1.54) is 12.8 Å². The molecule has 1 aliphatic rings. The summed E-state index contributed by atoms with van der Waals surface area (Å²) in [5.74, 6) is 0. The molecular formula is C14H23N3. The zero-order chi connectivity index (χ0) is 12.3. The number of anilines is 2. The Hall–Kier alpha value is -1.22. The summed E-state index contributed by atoms with van der Waals surface area (Å²) < 4.78 is 0. The highest BCUT2D eigenvalue weighted by Crippen LogP contribution is 2.26. The predicted molar refractivity (Wildman–Crippen MR) is 74.4 cm³/mol. The van der Waals surface area contributed by atoms with Crippen molar-refractivity contribution in [1.29, 1.82) is 0 Å². The fraction of sp³-hybridized carbons (Fsp3) is 0.571. The van der Waals surface area contributed by atoms with Crippen LogP contribution in [0.25, 0.3) is 0 Å². The van der Waals surface area contributed by atoms with Crippen LogP contribution in [0, 0.1) is 6.92 Å². The molecule has 0 radical (unpaired) electrons. The lowest BCUT2D eigenvalue weighted by molar-refractivity contribution is 0.289. The van der Waals surface area contributed by atoms with E-state index in [0.29, 0.717) is 0 Å². The Morgan fingerprint density at radius 3 is 2.82 bits per heavy atom. The molecule has 0 atom stereocenters. The normalized spacial score (nSPS) is 15.2. The molecule has 94 valence electrons. The molecule has 0 bridgehead atoms. The van der Waals surface area contributed by atoms with E-state index in [-0.39, 0.29) is 0 Å². The van der Waals surface area contributed by atoms with Crippen LogP contribution in [0.3, 0.4) is 0 Å². The minimum atomic E-state index is 0.844. The number of nitrogens with two attached hydrogens (primary N) is 1. The predicted octanol–water partition coefficient (Wildman–Crippen LogP) is 2.47. The topological polar surface area (TPSA) is 41.3 Å². The Balaban J connectivity index is 1.83. The standard InChI is InChI=1S/C14H23N3/c1-3-17(12-7-8-12)10-9-16-13-6-4-5-11(2)14(13)15/h4-6,12,16H,3,7-10,15H2,1-2H3. The van der Waals surface area contributed by atoms with Crippen molar-refractivity contribution in [3.8, 4) is 0 Å². The fourth-order valence-corrected chi connectivity index (χ4v) is 2.21. The number of nitrogen functional groups attached to an aromatic ring is 1. The molecule has 1 aromatic rings. The van der Waals surface area contributed by atoms with E-state index in [9.17, 15) is 0 Å². The van der Waals surface area contributed by atoms with Crippen LogP contribution in [0.15, 0.2) is 18.2 Å².